The lowest BCUT2D eigenvalue weighted by Crippen LogP contribution is -2.39. The number of hydrogen-bond donors (Lipinski definition) is 1. The third kappa shape index (κ3) is 3.88. The highest BCUT2D eigenvalue weighted by atomic mass is 16.6. The van der Waals surface area contributed by atoms with Crippen LogP contribution in [0.4, 0.5) is 4.79 Å². The monoisotopic (exact) mass is 282 g/mol. The summed E-state index contributed by atoms with van der Waals surface area (Å²) in [6.45, 7) is 7.75. The molecule has 114 valence electrons. The number of rotatable bonds is 2. The van der Waals surface area contributed by atoms with Crippen LogP contribution in [0.15, 0.2) is 11.8 Å². The number of ether oxygens (including phenoxy) is 2. The van der Waals surface area contributed by atoms with Crippen molar-refractivity contribution in [3.63, 3.8) is 0 Å². The zero-order chi connectivity index (χ0) is 14.8. The Balaban J connectivity index is 1.88. The summed E-state index contributed by atoms with van der Waals surface area (Å²) in [7, 11) is 0. The van der Waals surface area contributed by atoms with Crippen molar-refractivity contribution in [3.05, 3.63) is 11.8 Å². The standard InChI is InChI=1S/C15H26N2O3/c1-15(2,3)20-14(18)17-8-7-11(10-17)13(16)12-6-4-5-9-19-12/h6,11,13H,4-5,7-10,16H2,1-3H3. The molecule has 2 rings (SSSR count). The fourth-order valence-electron chi connectivity index (χ4n) is 2.61. The van der Waals surface area contributed by atoms with Crippen molar-refractivity contribution >= 4 is 6.09 Å². The van der Waals surface area contributed by atoms with Gasteiger partial charge in [-0.2, -0.15) is 0 Å². The van der Waals surface area contributed by atoms with Gasteiger partial charge in [0.25, 0.3) is 0 Å². The van der Waals surface area contributed by atoms with E-state index in [1.54, 1.807) is 4.90 Å². The van der Waals surface area contributed by atoms with Gasteiger partial charge in [0, 0.05) is 19.0 Å². The molecule has 1 fully saturated rings. The molecule has 2 aliphatic rings. The summed E-state index contributed by atoms with van der Waals surface area (Å²) in [6, 6.07) is -0.109. The molecule has 2 N–H and O–H groups in total. The molecule has 0 aromatic heterocycles. The molecule has 1 saturated heterocycles. The number of nitrogens with zero attached hydrogens (tertiary/aromatic N) is 1. The molecular weight excluding hydrogens is 256 g/mol. The lowest BCUT2D eigenvalue weighted by molar-refractivity contribution is 0.0285. The Morgan fingerprint density at radius 3 is 2.90 bits per heavy atom. The summed E-state index contributed by atoms with van der Waals surface area (Å²) in [5, 5.41) is 0. The number of carbonyl (C=O) groups is 1. The summed E-state index contributed by atoms with van der Waals surface area (Å²) in [6.07, 6.45) is 4.84. The molecule has 0 saturated carbocycles. The van der Waals surface area contributed by atoms with E-state index in [1.807, 2.05) is 20.8 Å². The minimum atomic E-state index is -0.452. The number of likely N-dealkylation sites (tertiary alicyclic amines) is 1. The largest absolute Gasteiger partial charge is 0.497 e. The Morgan fingerprint density at radius 1 is 1.55 bits per heavy atom. The van der Waals surface area contributed by atoms with E-state index >= 15 is 0 Å². The van der Waals surface area contributed by atoms with Crippen LogP contribution in [-0.2, 0) is 9.47 Å². The summed E-state index contributed by atoms with van der Waals surface area (Å²) in [5.74, 6) is 1.15. The minimum absolute atomic E-state index is 0.109. The Bertz CT molecular complexity index is 387. The summed E-state index contributed by atoms with van der Waals surface area (Å²) in [4.78, 5) is 13.8. The second kappa shape index (κ2) is 6.04. The van der Waals surface area contributed by atoms with Crippen LogP contribution in [0.1, 0.15) is 40.0 Å². The predicted molar refractivity (Wildman–Crippen MR) is 77.2 cm³/mol. The van der Waals surface area contributed by atoms with Gasteiger partial charge in [-0.3, -0.25) is 0 Å². The normalized spacial score (nSPS) is 24.9. The lowest BCUT2D eigenvalue weighted by Gasteiger charge is -2.26. The van der Waals surface area contributed by atoms with Crippen LogP contribution < -0.4 is 5.73 Å². The van der Waals surface area contributed by atoms with E-state index in [0.29, 0.717) is 13.1 Å². The van der Waals surface area contributed by atoms with E-state index in [9.17, 15) is 4.79 Å². The van der Waals surface area contributed by atoms with Gasteiger partial charge < -0.3 is 20.1 Å². The third-order valence-corrected chi connectivity index (χ3v) is 3.68. The molecule has 5 nitrogen and oxygen atoms in total. The van der Waals surface area contributed by atoms with Crippen molar-refractivity contribution in [1.82, 2.24) is 4.90 Å². The number of amides is 1. The van der Waals surface area contributed by atoms with Gasteiger partial charge in [-0.05, 0) is 46.1 Å². The number of carbonyl (C=O) groups excluding carboxylic acids is 1. The van der Waals surface area contributed by atoms with Crippen LogP contribution in [0.5, 0.6) is 0 Å². The van der Waals surface area contributed by atoms with Gasteiger partial charge in [0.05, 0.1) is 12.6 Å². The number of hydrogen-bond acceptors (Lipinski definition) is 4. The average Bonchev–Trinajstić information content (AvgIpc) is 2.86. The van der Waals surface area contributed by atoms with Gasteiger partial charge in [-0.15, -0.1) is 0 Å². The number of allylic oxidation sites excluding steroid dienone is 1. The lowest BCUT2D eigenvalue weighted by atomic mass is 9.96. The van der Waals surface area contributed by atoms with Gasteiger partial charge in [-0.25, -0.2) is 4.79 Å². The molecule has 0 aromatic rings. The van der Waals surface area contributed by atoms with Crippen LogP contribution >= 0.6 is 0 Å². The molecule has 0 spiro atoms. The maximum atomic E-state index is 12.0. The van der Waals surface area contributed by atoms with E-state index in [-0.39, 0.29) is 18.1 Å². The molecule has 2 atom stereocenters. The molecular formula is C15H26N2O3. The SMILES string of the molecule is CC(C)(C)OC(=O)N1CCC(C(N)C2=CCCCO2)C1. The highest BCUT2D eigenvalue weighted by Crippen LogP contribution is 2.26. The molecule has 2 unspecified atom stereocenters. The van der Waals surface area contributed by atoms with Crippen LogP contribution in [0.25, 0.3) is 0 Å². The molecule has 2 heterocycles. The van der Waals surface area contributed by atoms with Gasteiger partial charge in [0.15, 0.2) is 0 Å². The third-order valence-electron chi connectivity index (χ3n) is 3.68. The van der Waals surface area contributed by atoms with E-state index in [1.165, 1.54) is 0 Å². The van der Waals surface area contributed by atoms with Crippen LogP contribution in [0.3, 0.4) is 0 Å². The minimum Gasteiger partial charge on any atom is -0.497 e. The first kappa shape index (κ1) is 15.2. The maximum absolute atomic E-state index is 12.0. The first-order valence-corrected chi connectivity index (χ1v) is 7.43. The topological polar surface area (TPSA) is 64.8 Å². The first-order chi connectivity index (χ1) is 9.37. The van der Waals surface area contributed by atoms with Crippen molar-refractivity contribution in [1.29, 1.82) is 0 Å². The van der Waals surface area contributed by atoms with Crippen molar-refractivity contribution in [3.8, 4) is 0 Å². The van der Waals surface area contributed by atoms with Crippen molar-refractivity contribution in [2.45, 2.75) is 51.7 Å². The Hall–Kier alpha value is -1.23. The molecule has 20 heavy (non-hydrogen) atoms. The van der Waals surface area contributed by atoms with Gasteiger partial charge in [0.2, 0.25) is 0 Å². The summed E-state index contributed by atoms with van der Waals surface area (Å²) in [5.41, 5.74) is 5.82. The van der Waals surface area contributed by atoms with Crippen molar-refractivity contribution < 1.29 is 14.3 Å². The summed E-state index contributed by atoms with van der Waals surface area (Å²) < 4.78 is 11.0. The fourth-order valence-corrected chi connectivity index (χ4v) is 2.61. The Labute approximate surface area is 121 Å². The van der Waals surface area contributed by atoms with E-state index < -0.39 is 5.60 Å². The van der Waals surface area contributed by atoms with E-state index in [0.717, 1.165) is 31.6 Å². The predicted octanol–water partition coefficient (Wildman–Crippen LogP) is 2.27. The second-order valence-electron chi connectivity index (χ2n) is 6.60. The fraction of sp³-hybridized carbons (Fsp3) is 0.800. The highest BCUT2D eigenvalue weighted by Gasteiger charge is 2.34. The Kier molecular flexibility index (Phi) is 4.58. The van der Waals surface area contributed by atoms with E-state index in [4.69, 9.17) is 15.2 Å². The zero-order valence-corrected chi connectivity index (χ0v) is 12.7. The van der Waals surface area contributed by atoms with Gasteiger partial charge in [0.1, 0.15) is 11.4 Å². The number of nitrogens with two attached hydrogens (primary N) is 1. The van der Waals surface area contributed by atoms with Crippen molar-refractivity contribution in [2.24, 2.45) is 11.7 Å². The van der Waals surface area contributed by atoms with Crippen molar-refractivity contribution in [2.75, 3.05) is 19.7 Å². The van der Waals surface area contributed by atoms with Gasteiger partial charge in [-0.1, -0.05) is 0 Å². The zero-order valence-electron chi connectivity index (χ0n) is 12.7. The van der Waals surface area contributed by atoms with Crippen LogP contribution in [-0.4, -0.2) is 42.3 Å². The van der Waals surface area contributed by atoms with E-state index in [2.05, 4.69) is 6.08 Å². The molecule has 0 aliphatic carbocycles. The summed E-state index contributed by atoms with van der Waals surface area (Å²) >= 11 is 0. The molecule has 0 radical (unpaired) electrons. The molecule has 2 aliphatic heterocycles. The van der Waals surface area contributed by atoms with Gasteiger partial charge >= 0.3 is 6.09 Å². The highest BCUT2D eigenvalue weighted by molar-refractivity contribution is 5.68. The molecule has 0 bridgehead atoms. The maximum Gasteiger partial charge on any atom is 0.410 e. The van der Waals surface area contributed by atoms with Crippen LogP contribution in [0, 0.1) is 5.92 Å². The average molecular weight is 282 g/mol. The Morgan fingerprint density at radius 2 is 2.30 bits per heavy atom. The molecule has 0 aromatic carbocycles. The van der Waals surface area contributed by atoms with Crippen LogP contribution in [0.2, 0.25) is 0 Å². The smallest absolute Gasteiger partial charge is 0.410 e. The quantitative estimate of drug-likeness (QED) is 0.843. The second-order valence-corrected chi connectivity index (χ2v) is 6.60. The first-order valence-electron chi connectivity index (χ1n) is 7.43. The molecule has 5 heteroatoms. The molecule has 1 amide bonds.